The van der Waals surface area contributed by atoms with Crippen molar-refractivity contribution in [3.8, 4) is 0 Å². The normalized spacial score (nSPS) is 12.9. The van der Waals surface area contributed by atoms with Gasteiger partial charge in [0.05, 0.1) is 12.5 Å². The highest BCUT2D eigenvalue weighted by molar-refractivity contribution is 5.84. The third kappa shape index (κ3) is 1.77. The molecule has 0 aliphatic carbocycles. The molecule has 4 nitrogen and oxygen atoms in total. The van der Waals surface area contributed by atoms with E-state index in [1.54, 1.807) is 12.1 Å². The Bertz CT molecular complexity index is 535. The van der Waals surface area contributed by atoms with Gasteiger partial charge in [-0.05, 0) is 12.1 Å². The van der Waals surface area contributed by atoms with Gasteiger partial charge in [0.25, 0.3) is 0 Å². The van der Waals surface area contributed by atoms with Crippen molar-refractivity contribution in [1.29, 1.82) is 0 Å². The molecule has 1 atom stereocenters. The first-order valence-corrected chi connectivity index (χ1v) is 4.75. The highest BCUT2D eigenvalue weighted by Gasteiger charge is 2.18. The SMILES string of the molecule is O=C(O)CC(O)c1c[nH]c2cccc(F)c12. The van der Waals surface area contributed by atoms with Gasteiger partial charge in [0.2, 0.25) is 0 Å². The fourth-order valence-corrected chi connectivity index (χ4v) is 1.70. The largest absolute Gasteiger partial charge is 0.481 e. The van der Waals surface area contributed by atoms with E-state index in [4.69, 9.17) is 5.11 Å². The first-order valence-electron chi connectivity index (χ1n) is 4.75. The topological polar surface area (TPSA) is 73.3 Å². The van der Waals surface area contributed by atoms with Crippen LogP contribution in [0.1, 0.15) is 18.1 Å². The summed E-state index contributed by atoms with van der Waals surface area (Å²) in [6.07, 6.45) is -0.217. The van der Waals surface area contributed by atoms with Crippen molar-refractivity contribution in [3.63, 3.8) is 0 Å². The van der Waals surface area contributed by atoms with Crippen molar-refractivity contribution in [1.82, 2.24) is 4.98 Å². The number of rotatable bonds is 3. The van der Waals surface area contributed by atoms with Gasteiger partial charge >= 0.3 is 5.97 Å². The number of hydrogen-bond acceptors (Lipinski definition) is 2. The zero-order chi connectivity index (χ0) is 11.7. The van der Waals surface area contributed by atoms with E-state index >= 15 is 0 Å². The molecule has 0 spiro atoms. The van der Waals surface area contributed by atoms with Crippen LogP contribution in [-0.2, 0) is 4.79 Å². The molecule has 16 heavy (non-hydrogen) atoms. The van der Waals surface area contributed by atoms with E-state index < -0.39 is 24.3 Å². The van der Waals surface area contributed by atoms with Gasteiger partial charge in [0.15, 0.2) is 0 Å². The molecule has 0 saturated heterocycles. The second-order valence-corrected chi connectivity index (χ2v) is 3.52. The van der Waals surface area contributed by atoms with E-state index in [1.807, 2.05) is 0 Å². The van der Waals surface area contributed by atoms with Crippen LogP contribution < -0.4 is 0 Å². The fraction of sp³-hybridized carbons (Fsp3) is 0.182. The minimum Gasteiger partial charge on any atom is -0.481 e. The number of aromatic amines is 1. The lowest BCUT2D eigenvalue weighted by Gasteiger charge is -2.06. The third-order valence-corrected chi connectivity index (χ3v) is 2.41. The Morgan fingerprint density at radius 2 is 2.25 bits per heavy atom. The molecule has 0 fully saturated rings. The van der Waals surface area contributed by atoms with Crippen LogP contribution in [0.5, 0.6) is 0 Å². The lowest BCUT2D eigenvalue weighted by Crippen LogP contribution is -2.05. The number of carbonyl (C=O) groups is 1. The van der Waals surface area contributed by atoms with E-state index in [0.717, 1.165) is 0 Å². The summed E-state index contributed by atoms with van der Waals surface area (Å²) in [7, 11) is 0. The van der Waals surface area contributed by atoms with Crippen LogP contribution >= 0.6 is 0 Å². The number of aromatic nitrogens is 1. The summed E-state index contributed by atoms with van der Waals surface area (Å²) in [5, 5.41) is 18.4. The molecule has 1 heterocycles. The van der Waals surface area contributed by atoms with Crippen LogP contribution in [0.3, 0.4) is 0 Å². The molecule has 2 rings (SSSR count). The fourth-order valence-electron chi connectivity index (χ4n) is 1.70. The molecule has 1 unspecified atom stereocenters. The second kappa shape index (κ2) is 3.94. The van der Waals surface area contributed by atoms with Crippen molar-refractivity contribution >= 4 is 16.9 Å². The lowest BCUT2D eigenvalue weighted by atomic mass is 10.1. The number of H-pyrrole nitrogens is 1. The Hall–Kier alpha value is -1.88. The Morgan fingerprint density at radius 3 is 2.94 bits per heavy atom. The van der Waals surface area contributed by atoms with Gasteiger partial charge < -0.3 is 15.2 Å². The predicted molar refractivity (Wildman–Crippen MR) is 55.5 cm³/mol. The van der Waals surface area contributed by atoms with Gasteiger partial charge in [-0.15, -0.1) is 0 Å². The number of carboxylic acids is 1. The van der Waals surface area contributed by atoms with Crippen LogP contribution in [0.4, 0.5) is 4.39 Å². The summed E-state index contributed by atoms with van der Waals surface area (Å²) in [4.78, 5) is 13.3. The van der Waals surface area contributed by atoms with Gasteiger partial charge in [-0.3, -0.25) is 4.79 Å². The molecule has 1 aromatic carbocycles. The van der Waals surface area contributed by atoms with Crippen molar-refractivity contribution in [2.24, 2.45) is 0 Å². The summed E-state index contributed by atoms with van der Waals surface area (Å²) in [5.74, 6) is -1.60. The highest BCUT2D eigenvalue weighted by Crippen LogP contribution is 2.28. The number of benzene rings is 1. The summed E-state index contributed by atoms with van der Waals surface area (Å²) in [5.41, 5.74) is 0.815. The average molecular weight is 223 g/mol. The first-order chi connectivity index (χ1) is 7.59. The first kappa shape index (κ1) is 10.6. The minimum atomic E-state index is -1.21. The van der Waals surface area contributed by atoms with Crippen LogP contribution in [-0.4, -0.2) is 21.2 Å². The zero-order valence-electron chi connectivity index (χ0n) is 8.27. The van der Waals surface area contributed by atoms with Crippen molar-refractivity contribution < 1.29 is 19.4 Å². The monoisotopic (exact) mass is 223 g/mol. The van der Waals surface area contributed by atoms with E-state index in [9.17, 15) is 14.3 Å². The molecule has 3 N–H and O–H groups in total. The number of halogens is 1. The molecule has 1 aromatic heterocycles. The Labute approximate surface area is 90.3 Å². The molecule has 0 aliphatic heterocycles. The summed E-state index contributed by atoms with van der Waals surface area (Å²) < 4.78 is 13.5. The van der Waals surface area contributed by atoms with Gasteiger partial charge in [-0.2, -0.15) is 0 Å². The number of aliphatic carboxylic acids is 1. The smallest absolute Gasteiger partial charge is 0.306 e. The summed E-state index contributed by atoms with van der Waals surface area (Å²) in [6.45, 7) is 0. The molecule has 5 heteroatoms. The van der Waals surface area contributed by atoms with Gasteiger partial charge in [-0.25, -0.2) is 4.39 Å². The van der Waals surface area contributed by atoms with Crippen molar-refractivity contribution in [3.05, 3.63) is 35.8 Å². The molecular formula is C11H10FNO3. The molecule has 0 aliphatic rings. The molecule has 84 valence electrons. The minimum absolute atomic E-state index is 0.247. The third-order valence-electron chi connectivity index (χ3n) is 2.41. The molecule has 2 aromatic rings. The summed E-state index contributed by atoms with van der Waals surface area (Å²) >= 11 is 0. The number of hydrogen-bond donors (Lipinski definition) is 3. The quantitative estimate of drug-likeness (QED) is 0.743. The Balaban J connectivity index is 2.48. The lowest BCUT2D eigenvalue weighted by molar-refractivity contribution is -0.139. The van der Waals surface area contributed by atoms with E-state index in [-0.39, 0.29) is 10.9 Å². The van der Waals surface area contributed by atoms with E-state index in [2.05, 4.69) is 4.98 Å². The maximum atomic E-state index is 13.5. The van der Waals surface area contributed by atoms with Gasteiger partial charge in [-0.1, -0.05) is 6.07 Å². The van der Waals surface area contributed by atoms with Crippen LogP contribution in [0.2, 0.25) is 0 Å². The number of carboxylic acid groups (broad SMARTS) is 1. The highest BCUT2D eigenvalue weighted by atomic mass is 19.1. The Morgan fingerprint density at radius 1 is 1.50 bits per heavy atom. The van der Waals surface area contributed by atoms with E-state index in [1.165, 1.54) is 12.3 Å². The number of fused-ring (bicyclic) bond motifs is 1. The van der Waals surface area contributed by atoms with Crippen LogP contribution in [0.25, 0.3) is 10.9 Å². The zero-order valence-corrected chi connectivity index (χ0v) is 8.27. The molecular weight excluding hydrogens is 213 g/mol. The summed E-state index contributed by atoms with van der Waals surface area (Å²) in [6, 6.07) is 4.48. The van der Waals surface area contributed by atoms with Crippen molar-refractivity contribution in [2.75, 3.05) is 0 Å². The second-order valence-electron chi connectivity index (χ2n) is 3.52. The van der Waals surface area contributed by atoms with Gasteiger partial charge in [0.1, 0.15) is 5.82 Å². The van der Waals surface area contributed by atoms with Crippen molar-refractivity contribution in [2.45, 2.75) is 12.5 Å². The van der Waals surface area contributed by atoms with Crippen LogP contribution in [0, 0.1) is 5.82 Å². The molecule has 0 bridgehead atoms. The number of nitrogens with one attached hydrogen (secondary N) is 1. The van der Waals surface area contributed by atoms with Crippen LogP contribution in [0.15, 0.2) is 24.4 Å². The standard InChI is InChI=1S/C11H10FNO3/c12-7-2-1-3-8-11(7)6(5-13-8)9(14)4-10(15)16/h1-3,5,9,13-14H,4H2,(H,15,16). The Kier molecular flexibility index (Phi) is 2.62. The molecule has 0 amide bonds. The maximum Gasteiger partial charge on any atom is 0.306 e. The molecule has 0 saturated carbocycles. The van der Waals surface area contributed by atoms with E-state index in [0.29, 0.717) is 5.52 Å². The number of aliphatic hydroxyl groups excluding tert-OH is 1. The average Bonchev–Trinajstić information content (AvgIpc) is 2.61. The number of aliphatic hydroxyl groups is 1. The predicted octanol–water partition coefficient (Wildman–Crippen LogP) is 1.82. The molecule has 0 radical (unpaired) electrons. The van der Waals surface area contributed by atoms with Gasteiger partial charge in [0, 0.05) is 22.7 Å². The maximum absolute atomic E-state index is 13.5.